The minimum absolute atomic E-state index is 0.201. The summed E-state index contributed by atoms with van der Waals surface area (Å²) in [6.07, 6.45) is 1.47. The van der Waals surface area contributed by atoms with Gasteiger partial charge in [-0.3, -0.25) is 14.6 Å². The van der Waals surface area contributed by atoms with E-state index in [1.54, 1.807) is 6.07 Å². The molecule has 1 aromatic heterocycles. The van der Waals surface area contributed by atoms with Gasteiger partial charge in [0.2, 0.25) is 0 Å². The van der Waals surface area contributed by atoms with Crippen LogP contribution in [0, 0.1) is 20.8 Å². The zero-order chi connectivity index (χ0) is 20.1. The lowest BCUT2D eigenvalue weighted by molar-refractivity contribution is 0.0951. The average molecular weight is 373 g/mol. The molecule has 0 atom stereocenters. The number of hydrogen-bond donors (Lipinski definition) is 2. The van der Waals surface area contributed by atoms with E-state index >= 15 is 0 Å². The molecule has 3 aromatic rings. The van der Waals surface area contributed by atoms with Crippen LogP contribution < -0.4 is 10.6 Å². The van der Waals surface area contributed by atoms with Crippen molar-refractivity contribution in [2.75, 3.05) is 5.32 Å². The number of pyridine rings is 1. The van der Waals surface area contributed by atoms with E-state index in [1.807, 2.05) is 63.2 Å². The van der Waals surface area contributed by atoms with Crippen LogP contribution in [0.5, 0.6) is 0 Å². The number of aryl methyl sites for hydroxylation is 3. The lowest BCUT2D eigenvalue weighted by Gasteiger charge is -2.13. The van der Waals surface area contributed by atoms with Gasteiger partial charge in [-0.15, -0.1) is 0 Å². The molecule has 5 heteroatoms. The van der Waals surface area contributed by atoms with Gasteiger partial charge in [0.15, 0.2) is 0 Å². The minimum Gasteiger partial charge on any atom is -0.348 e. The first-order valence-corrected chi connectivity index (χ1v) is 9.11. The van der Waals surface area contributed by atoms with Gasteiger partial charge >= 0.3 is 0 Å². The second-order valence-corrected chi connectivity index (χ2v) is 6.83. The van der Waals surface area contributed by atoms with Gasteiger partial charge in [-0.25, -0.2) is 0 Å². The summed E-state index contributed by atoms with van der Waals surface area (Å²) in [4.78, 5) is 29.2. The van der Waals surface area contributed by atoms with Crippen molar-refractivity contribution in [1.82, 2.24) is 10.3 Å². The van der Waals surface area contributed by atoms with E-state index in [4.69, 9.17) is 0 Å². The first kappa shape index (κ1) is 19.3. The number of carbonyl (C=O) groups is 2. The van der Waals surface area contributed by atoms with E-state index in [2.05, 4.69) is 15.6 Å². The van der Waals surface area contributed by atoms with Crippen molar-refractivity contribution in [1.29, 1.82) is 0 Å². The number of rotatable bonds is 5. The van der Waals surface area contributed by atoms with Crippen LogP contribution in [0.15, 0.2) is 60.8 Å². The Bertz CT molecular complexity index is 990. The zero-order valence-corrected chi connectivity index (χ0v) is 16.2. The number of nitrogens with zero attached hydrogens (tertiary/aromatic N) is 1. The molecule has 0 aliphatic heterocycles. The monoisotopic (exact) mass is 373 g/mol. The molecule has 28 heavy (non-hydrogen) atoms. The van der Waals surface area contributed by atoms with Crippen LogP contribution in [-0.2, 0) is 6.54 Å². The standard InChI is InChI=1S/C23H23N3O2/c1-15-11-16(2)21(17(3)12-15)26-23(28)20-13-19(9-10-24-20)22(27)25-14-18-7-5-4-6-8-18/h4-13H,14H2,1-3H3,(H,25,27)(H,26,28). The van der Waals surface area contributed by atoms with Gasteiger partial charge in [-0.2, -0.15) is 0 Å². The molecule has 2 amide bonds. The molecule has 2 aromatic carbocycles. The highest BCUT2D eigenvalue weighted by atomic mass is 16.2. The van der Waals surface area contributed by atoms with E-state index in [-0.39, 0.29) is 17.5 Å². The Morgan fingerprint density at radius 2 is 1.57 bits per heavy atom. The van der Waals surface area contributed by atoms with Gasteiger partial charge in [-0.1, -0.05) is 48.0 Å². The summed E-state index contributed by atoms with van der Waals surface area (Å²) < 4.78 is 0. The van der Waals surface area contributed by atoms with Gasteiger partial charge in [0.05, 0.1) is 0 Å². The highest BCUT2D eigenvalue weighted by molar-refractivity contribution is 6.05. The van der Waals surface area contributed by atoms with Crippen molar-refractivity contribution >= 4 is 17.5 Å². The Balaban J connectivity index is 1.72. The summed E-state index contributed by atoms with van der Waals surface area (Å²) >= 11 is 0. The van der Waals surface area contributed by atoms with Crippen LogP contribution in [0.2, 0.25) is 0 Å². The van der Waals surface area contributed by atoms with Gasteiger partial charge in [0, 0.05) is 24.0 Å². The molecule has 0 bridgehead atoms. The predicted molar refractivity (Wildman–Crippen MR) is 110 cm³/mol. The fourth-order valence-corrected chi connectivity index (χ4v) is 3.13. The molecule has 0 unspecified atom stereocenters. The number of aromatic nitrogens is 1. The Kier molecular flexibility index (Phi) is 5.84. The molecule has 0 saturated heterocycles. The van der Waals surface area contributed by atoms with Crippen molar-refractivity contribution in [3.05, 3.63) is 94.3 Å². The molecule has 0 aliphatic carbocycles. The number of carbonyl (C=O) groups excluding carboxylic acids is 2. The summed E-state index contributed by atoms with van der Waals surface area (Å²) in [5, 5.41) is 5.77. The number of anilines is 1. The van der Waals surface area contributed by atoms with Gasteiger partial charge < -0.3 is 10.6 Å². The third-order valence-corrected chi connectivity index (χ3v) is 4.47. The van der Waals surface area contributed by atoms with Crippen molar-refractivity contribution < 1.29 is 9.59 Å². The highest BCUT2D eigenvalue weighted by Gasteiger charge is 2.14. The lowest BCUT2D eigenvalue weighted by Crippen LogP contribution is -2.23. The number of benzene rings is 2. The second kappa shape index (κ2) is 8.48. The molecule has 2 N–H and O–H groups in total. The van der Waals surface area contributed by atoms with Crippen LogP contribution in [-0.4, -0.2) is 16.8 Å². The number of nitrogens with one attached hydrogen (secondary N) is 2. The van der Waals surface area contributed by atoms with E-state index in [9.17, 15) is 9.59 Å². The fraction of sp³-hybridized carbons (Fsp3) is 0.174. The van der Waals surface area contributed by atoms with E-state index in [1.165, 1.54) is 12.3 Å². The first-order valence-electron chi connectivity index (χ1n) is 9.11. The van der Waals surface area contributed by atoms with Crippen LogP contribution in [0.3, 0.4) is 0 Å². The van der Waals surface area contributed by atoms with E-state index < -0.39 is 0 Å². The summed E-state index contributed by atoms with van der Waals surface area (Å²) in [7, 11) is 0. The Morgan fingerprint density at radius 1 is 0.893 bits per heavy atom. The van der Waals surface area contributed by atoms with E-state index in [0.29, 0.717) is 12.1 Å². The smallest absolute Gasteiger partial charge is 0.274 e. The molecule has 0 fully saturated rings. The highest BCUT2D eigenvalue weighted by Crippen LogP contribution is 2.22. The predicted octanol–water partition coefficient (Wildman–Crippen LogP) is 4.19. The zero-order valence-electron chi connectivity index (χ0n) is 16.2. The van der Waals surface area contributed by atoms with Crippen LogP contribution in [0.4, 0.5) is 5.69 Å². The van der Waals surface area contributed by atoms with Gasteiger partial charge in [0.25, 0.3) is 11.8 Å². The number of amides is 2. The molecule has 0 saturated carbocycles. The Labute approximate surface area is 164 Å². The maximum absolute atomic E-state index is 12.7. The molecule has 0 spiro atoms. The largest absolute Gasteiger partial charge is 0.348 e. The van der Waals surface area contributed by atoms with Crippen molar-refractivity contribution in [2.24, 2.45) is 0 Å². The van der Waals surface area contributed by atoms with Crippen LogP contribution >= 0.6 is 0 Å². The number of hydrogen-bond acceptors (Lipinski definition) is 3. The van der Waals surface area contributed by atoms with Crippen molar-refractivity contribution in [2.45, 2.75) is 27.3 Å². The Hall–Kier alpha value is -3.47. The van der Waals surface area contributed by atoms with Gasteiger partial charge in [0.1, 0.15) is 5.69 Å². The van der Waals surface area contributed by atoms with E-state index in [0.717, 1.165) is 27.9 Å². The molecule has 5 nitrogen and oxygen atoms in total. The summed E-state index contributed by atoms with van der Waals surface area (Å²) in [5.74, 6) is -0.587. The lowest BCUT2D eigenvalue weighted by atomic mass is 10.0. The van der Waals surface area contributed by atoms with Crippen LogP contribution in [0.25, 0.3) is 0 Å². The summed E-state index contributed by atoms with van der Waals surface area (Å²) in [6.45, 7) is 6.35. The SMILES string of the molecule is Cc1cc(C)c(NC(=O)c2cc(C(=O)NCc3ccccc3)ccn2)c(C)c1. The molecule has 3 rings (SSSR count). The Morgan fingerprint density at radius 3 is 2.25 bits per heavy atom. The maximum atomic E-state index is 12.7. The molecular weight excluding hydrogens is 350 g/mol. The summed E-state index contributed by atoms with van der Waals surface area (Å²) in [5.41, 5.74) is 5.50. The van der Waals surface area contributed by atoms with Crippen molar-refractivity contribution in [3.63, 3.8) is 0 Å². The first-order chi connectivity index (χ1) is 13.4. The normalized spacial score (nSPS) is 10.4. The quantitative estimate of drug-likeness (QED) is 0.704. The topological polar surface area (TPSA) is 71.1 Å². The maximum Gasteiger partial charge on any atom is 0.274 e. The molecule has 0 aliphatic rings. The average Bonchev–Trinajstić information content (AvgIpc) is 2.69. The molecule has 1 heterocycles. The third-order valence-electron chi connectivity index (χ3n) is 4.47. The molecule has 142 valence electrons. The van der Waals surface area contributed by atoms with Gasteiger partial charge in [-0.05, 0) is 49.6 Å². The fourth-order valence-electron chi connectivity index (χ4n) is 3.13. The summed E-state index contributed by atoms with van der Waals surface area (Å²) in [6, 6.07) is 16.8. The minimum atomic E-state index is -0.340. The van der Waals surface area contributed by atoms with Crippen molar-refractivity contribution in [3.8, 4) is 0 Å². The molecular formula is C23H23N3O2. The third kappa shape index (κ3) is 4.62. The van der Waals surface area contributed by atoms with Crippen LogP contribution in [0.1, 0.15) is 43.1 Å². The molecule has 0 radical (unpaired) electrons. The second-order valence-electron chi connectivity index (χ2n) is 6.83.